The van der Waals surface area contributed by atoms with Crippen molar-refractivity contribution in [3.05, 3.63) is 61.2 Å². The number of carbonyl (C=O) groups excluding carboxylic acids is 4. The predicted octanol–water partition coefficient (Wildman–Crippen LogP) is 5.10. The monoisotopic (exact) mass is 743 g/mol. The van der Waals surface area contributed by atoms with E-state index >= 15 is 4.79 Å². The van der Waals surface area contributed by atoms with Gasteiger partial charge in [0.25, 0.3) is 0 Å². The third kappa shape index (κ3) is 7.84. The number of nitrogens with zero attached hydrogens (tertiary/aromatic N) is 2. The Morgan fingerprint density at radius 2 is 1.86 bits per heavy atom. The molecule has 3 saturated heterocycles. The maximum absolute atomic E-state index is 15.0. The average molecular weight is 745 g/mol. The summed E-state index contributed by atoms with van der Waals surface area (Å²) in [7, 11) is 0. The summed E-state index contributed by atoms with van der Waals surface area (Å²) >= 11 is 3.74. The number of nitrogens with one attached hydrogen (secondary N) is 1. The molecule has 0 aliphatic carbocycles. The number of hydrogen-bond donors (Lipinski definition) is 2. The highest BCUT2D eigenvalue weighted by Gasteiger charge is 2.77. The van der Waals surface area contributed by atoms with E-state index < -0.39 is 59.1 Å². The van der Waals surface area contributed by atoms with Crippen molar-refractivity contribution in [1.29, 1.82) is 0 Å². The minimum absolute atomic E-state index is 0.0422. The van der Waals surface area contributed by atoms with E-state index in [-0.39, 0.29) is 48.2 Å². The first-order valence-corrected chi connectivity index (χ1v) is 18.3. The van der Waals surface area contributed by atoms with E-state index in [1.807, 2.05) is 51.1 Å². The van der Waals surface area contributed by atoms with Crippen LogP contribution in [-0.2, 0) is 28.7 Å². The zero-order valence-electron chi connectivity index (χ0n) is 29.8. The van der Waals surface area contributed by atoms with Crippen molar-refractivity contribution in [3.63, 3.8) is 0 Å². The number of ether oxygens (including phenoxy) is 2. The number of amides is 3. The second-order valence-corrected chi connectivity index (χ2v) is 16.6. The van der Waals surface area contributed by atoms with Gasteiger partial charge in [-0.05, 0) is 50.5 Å². The molecule has 4 rings (SSSR count). The number of alkyl halides is 1. The molecule has 8 atom stereocenters. The second kappa shape index (κ2) is 15.5. The van der Waals surface area contributed by atoms with E-state index in [2.05, 4.69) is 55.2 Å². The maximum Gasteiger partial charge on any atom is 0.313 e. The lowest BCUT2D eigenvalue weighted by atomic mass is 9.70. The second-order valence-electron chi connectivity index (χ2n) is 15.4. The van der Waals surface area contributed by atoms with Crippen LogP contribution in [-0.4, -0.2) is 92.4 Å². The van der Waals surface area contributed by atoms with Crippen molar-refractivity contribution in [2.75, 3.05) is 19.7 Å². The fourth-order valence-corrected chi connectivity index (χ4v) is 9.31. The van der Waals surface area contributed by atoms with Gasteiger partial charge in [-0.1, -0.05) is 86.1 Å². The summed E-state index contributed by atoms with van der Waals surface area (Å²) < 4.78 is 12.9. The minimum atomic E-state index is -1.32. The molecule has 1 spiro atoms. The molecule has 1 aromatic carbocycles. The maximum atomic E-state index is 15.0. The number of benzene rings is 1. The lowest BCUT2D eigenvalue weighted by Crippen LogP contribution is -2.62. The van der Waals surface area contributed by atoms with Crippen LogP contribution in [0, 0.1) is 17.3 Å². The van der Waals surface area contributed by atoms with Crippen LogP contribution in [0.15, 0.2) is 55.6 Å². The first kappa shape index (κ1) is 38.8. The van der Waals surface area contributed by atoms with Crippen molar-refractivity contribution in [2.24, 2.45) is 17.3 Å². The molecule has 270 valence electrons. The van der Waals surface area contributed by atoms with Crippen LogP contribution in [0.1, 0.15) is 85.3 Å². The summed E-state index contributed by atoms with van der Waals surface area (Å²) in [6.45, 7) is 19.8. The van der Waals surface area contributed by atoms with E-state index in [0.29, 0.717) is 31.2 Å². The van der Waals surface area contributed by atoms with Crippen molar-refractivity contribution in [3.8, 4) is 0 Å². The molecule has 3 amide bonds. The summed E-state index contributed by atoms with van der Waals surface area (Å²) in [5.74, 6) is -3.54. The van der Waals surface area contributed by atoms with Gasteiger partial charge in [0.1, 0.15) is 17.7 Å². The molecule has 2 N–H and O–H groups in total. The molecule has 0 aromatic heterocycles. The Balaban J connectivity index is 1.73. The van der Waals surface area contributed by atoms with Gasteiger partial charge in [-0.15, -0.1) is 13.2 Å². The molecule has 0 radical (unpaired) electrons. The van der Waals surface area contributed by atoms with Crippen molar-refractivity contribution < 1.29 is 33.8 Å². The lowest BCUT2D eigenvalue weighted by Gasteiger charge is -2.46. The van der Waals surface area contributed by atoms with Crippen LogP contribution in [0.4, 0.5) is 0 Å². The van der Waals surface area contributed by atoms with Crippen molar-refractivity contribution in [1.82, 2.24) is 15.1 Å². The van der Waals surface area contributed by atoms with Crippen LogP contribution in [0.25, 0.3) is 0 Å². The zero-order chi connectivity index (χ0) is 36.3. The summed E-state index contributed by atoms with van der Waals surface area (Å²) in [4.78, 5) is 59.4. The SMILES string of the molecule is C=CCCC(=O)NC[C@@H](OC(=O)[C@@H]1[C@H]2O[C@@]3(CC2Br)[C@H](C(=O)N(CC=C)C(C)(C)CC(C)(C)C)N([C@@H](CC)CO)C(=O)[C@@H]13)c1ccccc1. The summed E-state index contributed by atoms with van der Waals surface area (Å²) in [6.07, 6.45) is 3.99. The number of allylic oxidation sites excluding steroid dienone is 1. The zero-order valence-corrected chi connectivity index (χ0v) is 31.4. The van der Waals surface area contributed by atoms with Gasteiger partial charge in [0, 0.05) is 23.3 Å². The number of rotatable bonds is 16. The summed E-state index contributed by atoms with van der Waals surface area (Å²) in [5.41, 5.74) is -1.35. The predicted molar refractivity (Wildman–Crippen MR) is 191 cm³/mol. The van der Waals surface area contributed by atoms with Gasteiger partial charge in [-0.2, -0.15) is 0 Å². The molecule has 11 heteroatoms. The number of hydrogen-bond acceptors (Lipinski definition) is 7. The smallest absolute Gasteiger partial charge is 0.313 e. The van der Waals surface area contributed by atoms with E-state index in [0.717, 1.165) is 0 Å². The highest BCUT2D eigenvalue weighted by atomic mass is 79.9. The number of aliphatic hydroxyl groups excluding tert-OH is 1. The molecular weight excluding hydrogens is 690 g/mol. The van der Waals surface area contributed by atoms with Crippen LogP contribution >= 0.6 is 15.9 Å². The van der Waals surface area contributed by atoms with Gasteiger partial charge in [-0.25, -0.2) is 0 Å². The molecule has 0 saturated carbocycles. The number of likely N-dealkylation sites (tertiary alicyclic amines) is 1. The molecule has 1 aromatic rings. The quantitative estimate of drug-likeness (QED) is 0.137. The van der Waals surface area contributed by atoms with Gasteiger partial charge >= 0.3 is 5.97 Å². The van der Waals surface area contributed by atoms with Crippen LogP contribution in [0.3, 0.4) is 0 Å². The fraction of sp³-hybridized carbons (Fsp3) is 0.632. The normalized spacial score (nSPS) is 27.3. The van der Waals surface area contributed by atoms with Crippen molar-refractivity contribution in [2.45, 2.75) is 114 Å². The van der Waals surface area contributed by atoms with Gasteiger partial charge in [0.05, 0.1) is 37.1 Å². The molecule has 49 heavy (non-hydrogen) atoms. The average Bonchev–Trinajstić information content (AvgIpc) is 3.63. The third-order valence-corrected chi connectivity index (χ3v) is 10.9. The highest BCUT2D eigenvalue weighted by Crippen LogP contribution is 2.61. The van der Waals surface area contributed by atoms with E-state index in [4.69, 9.17) is 9.47 Å². The van der Waals surface area contributed by atoms with Crippen LogP contribution < -0.4 is 5.32 Å². The number of carbonyl (C=O) groups is 4. The number of halogens is 1. The van der Waals surface area contributed by atoms with E-state index in [1.165, 1.54) is 4.90 Å². The lowest BCUT2D eigenvalue weighted by molar-refractivity contribution is -0.161. The molecular formula is C38H54BrN3O7. The largest absolute Gasteiger partial charge is 0.455 e. The summed E-state index contributed by atoms with van der Waals surface area (Å²) in [5, 5.41) is 13.4. The van der Waals surface area contributed by atoms with Gasteiger partial charge in [0.15, 0.2) is 0 Å². The highest BCUT2D eigenvalue weighted by molar-refractivity contribution is 9.09. The first-order chi connectivity index (χ1) is 23.1. The minimum Gasteiger partial charge on any atom is -0.455 e. The van der Waals surface area contributed by atoms with Crippen molar-refractivity contribution >= 4 is 39.6 Å². The molecule has 10 nitrogen and oxygen atoms in total. The van der Waals surface area contributed by atoms with E-state index in [9.17, 15) is 19.5 Å². The Morgan fingerprint density at radius 3 is 2.43 bits per heavy atom. The molecule has 3 aliphatic rings. The van der Waals surface area contributed by atoms with Gasteiger partial charge in [0.2, 0.25) is 17.7 Å². The Bertz CT molecular complexity index is 1390. The molecule has 3 aliphatic heterocycles. The Hall–Kier alpha value is -3.02. The summed E-state index contributed by atoms with van der Waals surface area (Å²) in [6, 6.07) is 7.40. The van der Waals surface area contributed by atoms with Gasteiger partial charge in [-0.3, -0.25) is 19.2 Å². The van der Waals surface area contributed by atoms with Crippen LogP contribution in [0.2, 0.25) is 0 Å². The van der Waals surface area contributed by atoms with Gasteiger partial charge < -0.3 is 29.7 Å². The fourth-order valence-electron chi connectivity index (χ4n) is 8.37. The number of esters is 1. The number of fused-ring (bicyclic) bond motifs is 1. The molecule has 3 heterocycles. The third-order valence-electron chi connectivity index (χ3n) is 10.1. The Morgan fingerprint density at radius 1 is 1.18 bits per heavy atom. The standard InChI is InChI=1S/C38H54BrN3O7/c1-9-12-18-28(44)40-21-27(24-16-14-13-15-17-24)48-35(47)29-30-33(45)42(25(11-3)22-43)32(38(30)20-26(39)31(29)49-38)34(46)41(19-10-2)37(7,8)23-36(4,5)6/h9-10,13-17,25-27,29-32,43H,1-2,11-12,18-23H2,3-8H3,(H,40,44)/t25-,26?,27+,29-,30+,31-,32-,38+/m0/s1. The van der Waals surface area contributed by atoms with Crippen LogP contribution in [0.5, 0.6) is 0 Å². The number of aliphatic hydroxyl groups is 1. The Kier molecular flexibility index (Phi) is 12.2. The van der Waals surface area contributed by atoms with E-state index in [1.54, 1.807) is 17.1 Å². The first-order valence-electron chi connectivity index (χ1n) is 17.4. The molecule has 1 unspecified atom stereocenters. The Labute approximate surface area is 299 Å². The molecule has 2 bridgehead atoms. The molecule has 3 fully saturated rings. The topological polar surface area (TPSA) is 125 Å².